The number of nitrogens with zero attached hydrogens (tertiary/aromatic N) is 1. The van der Waals surface area contributed by atoms with Gasteiger partial charge in [-0.2, -0.15) is 0 Å². The van der Waals surface area contributed by atoms with Crippen LogP contribution >= 0.6 is 0 Å². The fourth-order valence-corrected chi connectivity index (χ4v) is 3.50. The highest BCUT2D eigenvalue weighted by molar-refractivity contribution is 5.75. The summed E-state index contributed by atoms with van der Waals surface area (Å²) in [7, 11) is 0. The van der Waals surface area contributed by atoms with Crippen molar-refractivity contribution >= 4 is 6.29 Å². The molecule has 3 heteroatoms. The topological polar surface area (TPSA) is 40.5 Å². The Kier molecular flexibility index (Phi) is 6.77. The maximum Gasteiger partial charge on any atom is 0.150 e. The van der Waals surface area contributed by atoms with E-state index in [0.717, 1.165) is 30.4 Å². The third-order valence-corrected chi connectivity index (χ3v) is 4.77. The Balaban J connectivity index is 2.36. The summed E-state index contributed by atoms with van der Waals surface area (Å²) in [5.74, 6) is 0.307. The monoisotopic (exact) mass is 339 g/mol. The largest absolute Gasteiger partial charge is 0.508 e. The quantitative estimate of drug-likeness (QED) is 0.699. The van der Waals surface area contributed by atoms with Crippen LogP contribution in [0, 0.1) is 0 Å². The van der Waals surface area contributed by atoms with E-state index in [1.807, 2.05) is 24.3 Å². The van der Waals surface area contributed by atoms with Crippen molar-refractivity contribution in [2.45, 2.75) is 52.1 Å². The normalized spacial score (nSPS) is 12.8. The Hall–Kier alpha value is -2.13. The van der Waals surface area contributed by atoms with Crippen LogP contribution in [0.15, 0.2) is 48.5 Å². The van der Waals surface area contributed by atoms with Crippen molar-refractivity contribution in [1.29, 1.82) is 0 Å². The molecule has 0 amide bonds. The van der Waals surface area contributed by atoms with Crippen molar-refractivity contribution in [3.63, 3.8) is 0 Å². The fraction of sp³-hybridized carbons (Fsp3) is 0.409. The van der Waals surface area contributed by atoms with E-state index in [0.29, 0.717) is 17.6 Å². The maximum absolute atomic E-state index is 11.2. The van der Waals surface area contributed by atoms with E-state index in [-0.39, 0.29) is 11.7 Å². The summed E-state index contributed by atoms with van der Waals surface area (Å²) in [4.78, 5) is 13.6. The summed E-state index contributed by atoms with van der Waals surface area (Å²) >= 11 is 0. The van der Waals surface area contributed by atoms with Gasteiger partial charge in [-0.3, -0.25) is 9.69 Å². The number of benzene rings is 2. The summed E-state index contributed by atoms with van der Waals surface area (Å²) < 4.78 is 0. The molecule has 0 aliphatic rings. The van der Waals surface area contributed by atoms with Gasteiger partial charge in [0.2, 0.25) is 0 Å². The molecule has 0 fully saturated rings. The van der Waals surface area contributed by atoms with Gasteiger partial charge in [0.05, 0.1) is 0 Å². The Bertz CT molecular complexity index is 672. The Morgan fingerprint density at radius 3 is 2.20 bits per heavy atom. The first kappa shape index (κ1) is 19.2. The second-order valence-electron chi connectivity index (χ2n) is 7.11. The lowest BCUT2D eigenvalue weighted by atomic mass is 9.86. The lowest BCUT2D eigenvalue weighted by molar-refractivity contribution is 0.112. The van der Waals surface area contributed by atoms with Crippen molar-refractivity contribution in [1.82, 2.24) is 4.90 Å². The number of hydrogen-bond donors (Lipinski definition) is 1. The molecule has 1 atom stereocenters. The molecule has 3 nitrogen and oxygen atoms in total. The van der Waals surface area contributed by atoms with Crippen LogP contribution in [0.1, 0.15) is 61.5 Å². The minimum absolute atomic E-state index is 0.0566. The number of phenols is 1. The number of aldehydes is 1. The van der Waals surface area contributed by atoms with Gasteiger partial charge in [-0.1, -0.05) is 30.3 Å². The van der Waals surface area contributed by atoms with E-state index in [9.17, 15) is 9.90 Å². The summed E-state index contributed by atoms with van der Waals surface area (Å²) in [6.07, 6.45) is 1.72. The molecule has 0 aliphatic heterocycles. The minimum atomic E-state index is 0.0566. The number of carbonyl (C=O) groups is 1. The first-order chi connectivity index (χ1) is 11.9. The molecule has 0 bridgehead atoms. The fourth-order valence-electron chi connectivity index (χ4n) is 3.50. The molecule has 0 aromatic heterocycles. The third kappa shape index (κ3) is 4.93. The molecular formula is C22H29NO2. The molecule has 0 saturated carbocycles. The number of carbonyl (C=O) groups excluding carboxylic acids is 1. The summed E-state index contributed by atoms with van der Waals surface area (Å²) in [6.45, 7) is 9.77. The molecule has 134 valence electrons. The predicted molar refractivity (Wildman–Crippen MR) is 103 cm³/mol. The number of hydrogen-bond acceptors (Lipinski definition) is 3. The van der Waals surface area contributed by atoms with Crippen LogP contribution in [0.2, 0.25) is 0 Å². The van der Waals surface area contributed by atoms with Crippen molar-refractivity contribution in [3.05, 3.63) is 65.2 Å². The van der Waals surface area contributed by atoms with Crippen LogP contribution in [-0.2, 0) is 0 Å². The first-order valence-corrected chi connectivity index (χ1v) is 9.02. The predicted octanol–water partition coefficient (Wildman–Crippen LogP) is 4.85. The van der Waals surface area contributed by atoms with Gasteiger partial charge in [-0.15, -0.1) is 0 Å². The number of rotatable bonds is 8. The summed E-state index contributed by atoms with van der Waals surface area (Å²) in [6, 6.07) is 16.2. The number of phenolic OH excluding ortho intramolecular Hbond substituents is 1. The minimum Gasteiger partial charge on any atom is -0.508 e. The lowest BCUT2D eigenvalue weighted by Crippen LogP contribution is -2.38. The van der Waals surface area contributed by atoms with Crippen LogP contribution in [0.3, 0.4) is 0 Å². The molecule has 1 N–H and O–H groups in total. The average Bonchev–Trinajstić information content (AvgIpc) is 2.59. The zero-order chi connectivity index (χ0) is 18.4. The Morgan fingerprint density at radius 2 is 1.64 bits per heavy atom. The van der Waals surface area contributed by atoms with Crippen molar-refractivity contribution in [3.8, 4) is 5.75 Å². The third-order valence-electron chi connectivity index (χ3n) is 4.77. The molecule has 2 aromatic carbocycles. The van der Waals surface area contributed by atoms with E-state index in [2.05, 4.69) is 44.7 Å². The van der Waals surface area contributed by atoms with Crippen LogP contribution < -0.4 is 0 Å². The van der Waals surface area contributed by atoms with E-state index < -0.39 is 0 Å². The molecule has 0 aliphatic carbocycles. The second-order valence-corrected chi connectivity index (χ2v) is 7.11. The van der Waals surface area contributed by atoms with E-state index >= 15 is 0 Å². The van der Waals surface area contributed by atoms with Gasteiger partial charge in [-0.25, -0.2) is 0 Å². The van der Waals surface area contributed by atoms with Crippen LogP contribution in [-0.4, -0.2) is 34.9 Å². The maximum atomic E-state index is 11.2. The lowest BCUT2D eigenvalue weighted by Gasteiger charge is -2.32. The molecule has 0 radical (unpaired) electrons. The van der Waals surface area contributed by atoms with Crippen LogP contribution in [0.5, 0.6) is 5.75 Å². The Morgan fingerprint density at radius 1 is 1.00 bits per heavy atom. The van der Waals surface area contributed by atoms with E-state index in [1.165, 1.54) is 0 Å². The molecule has 2 rings (SSSR count). The smallest absolute Gasteiger partial charge is 0.150 e. The van der Waals surface area contributed by atoms with Crippen molar-refractivity contribution < 1.29 is 9.90 Å². The van der Waals surface area contributed by atoms with E-state index in [1.54, 1.807) is 12.1 Å². The molecule has 0 unspecified atom stereocenters. The zero-order valence-electron chi connectivity index (χ0n) is 15.6. The van der Waals surface area contributed by atoms with Gasteiger partial charge in [0, 0.05) is 29.1 Å². The Labute approximate surface area is 151 Å². The van der Waals surface area contributed by atoms with Gasteiger partial charge in [0.1, 0.15) is 12.0 Å². The number of aromatic hydroxyl groups is 1. The molecule has 0 spiro atoms. The zero-order valence-corrected chi connectivity index (χ0v) is 15.6. The van der Waals surface area contributed by atoms with Gasteiger partial charge in [-0.05, 0) is 64.4 Å². The summed E-state index contributed by atoms with van der Waals surface area (Å²) in [5, 5.41) is 10.4. The van der Waals surface area contributed by atoms with Crippen molar-refractivity contribution in [2.24, 2.45) is 0 Å². The molecule has 2 aromatic rings. The van der Waals surface area contributed by atoms with Crippen LogP contribution in [0.25, 0.3) is 0 Å². The van der Waals surface area contributed by atoms with Gasteiger partial charge >= 0.3 is 0 Å². The molecular weight excluding hydrogens is 310 g/mol. The first-order valence-electron chi connectivity index (χ1n) is 9.02. The average molecular weight is 339 g/mol. The van der Waals surface area contributed by atoms with Gasteiger partial charge in [0.25, 0.3) is 0 Å². The van der Waals surface area contributed by atoms with E-state index in [4.69, 9.17) is 0 Å². The molecule has 0 heterocycles. The van der Waals surface area contributed by atoms with Gasteiger partial charge < -0.3 is 5.11 Å². The highest BCUT2D eigenvalue weighted by Gasteiger charge is 2.21. The van der Waals surface area contributed by atoms with Crippen LogP contribution in [0.4, 0.5) is 0 Å². The molecule has 0 saturated heterocycles. The second kappa shape index (κ2) is 8.82. The van der Waals surface area contributed by atoms with Gasteiger partial charge in [0.15, 0.2) is 0 Å². The highest BCUT2D eigenvalue weighted by Crippen LogP contribution is 2.34. The molecule has 25 heavy (non-hydrogen) atoms. The van der Waals surface area contributed by atoms with Crippen molar-refractivity contribution in [2.75, 3.05) is 6.54 Å². The standard InChI is InChI=1S/C22H29NO2/c1-16(2)23(17(3)4)13-12-20(19-8-6-5-7-9-19)21-14-18(15-24)10-11-22(21)25/h5-11,14-17,20,25H,12-13H2,1-4H3/t20-/m1/s1. The highest BCUT2D eigenvalue weighted by atomic mass is 16.3. The SMILES string of the molecule is CC(C)N(CC[C@H](c1ccccc1)c1cc(C=O)ccc1O)C(C)C. The summed E-state index contributed by atoms with van der Waals surface area (Å²) in [5.41, 5.74) is 2.58.